The topological polar surface area (TPSA) is 48.0 Å². The van der Waals surface area contributed by atoms with Crippen LogP contribution in [0.25, 0.3) is 0 Å². The molecule has 3 nitrogen and oxygen atoms in total. The number of alkyl halides is 4. The third-order valence-electron chi connectivity index (χ3n) is 4.99. The first-order valence-electron chi connectivity index (χ1n) is 8.65. The summed E-state index contributed by atoms with van der Waals surface area (Å²) in [7, 11) is 0. The van der Waals surface area contributed by atoms with E-state index in [-0.39, 0.29) is 34.3 Å². The van der Waals surface area contributed by atoms with Crippen molar-refractivity contribution in [1.29, 1.82) is 0 Å². The van der Waals surface area contributed by atoms with Crippen molar-refractivity contribution < 1.29 is 17.6 Å². The molecular formula is C20H15Cl3F4N2O. The SMILES string of the molecule is NCC1(c2cc(C(F)(F)F)c(=O)n(Cc3c(Cl)cccc3Cl)c2)C=CC(F)=CC1Cl. The Morgan fingerprint density at radius 1 is 1.20 bits per heavy atom. The molecule has 160 valence electrons. The number of hydrogen-bond donors (Lipinski definition) is 1. The van der Waals surface area contributed by atoms with Gasteiger partial charge in [-0.15, -0.1) is 11.6 Å². The average Bonchev–Trinajstić information content (AvgIpc) is 2.66. The number of nitrogens with zero attached hydrogens (tertiary/aromatic N) is 1. The van der Waals surface area contributed by atoms with Gasteiger partial charge in [0.05, 0.1) is 11.9 Å². The summed E-state index contributed by atoms with van der Waals surface area (Å²) in [6.07, 6.45) is -0.259. The molecule has 1 aliphatic carbocycles. The van der Waals surface area contributed by atoms with Crippen molar-refractivity contribution >= 4 is 34.8 Å². The number of benzene rings is 1. The zero-order valence-corrected chi connectivity index (χ0v) is 17.5. The van der Waals surface area contributed by atoms with Gasteiger partial charge in [-0.25, -0.2) is 4.39 Å². The van der Waals surface area contributed by atoms with Crippen LogP contribution in [0.2, 0.25) is 10.0 Å². The molecule has 1 heterocycles. The van der Waals surface area contributed by atoms with E-state index in [1.165, 1.54) is 24.4 Å². The minimum atomic E-state index is -4.93. The lowest BCUT2D eigenvalue weighted by Gasteiger charge is -2.35. The Balaban J connectivity index is 2.25. The Labute approximate surface area is 184 Å². The molecule has 0 radical (unpaired) electrons. The molecule has 1 aromatic heterocycles. The van der Waals surface area contributed by atoms with Crippen LogP contribution < -0.4 is 11.3 Å². The number of rotatable bonds is 4. The van der Waals surface area contributed by atoms with Crippen LogP contribution in [0, 0.1) is 0 Å². The van der Waals surface area contributed by atoms with Gasteiger partial charge in [-0.2, -0.15) is 13.2 Å². The molecule has 0 saturated carbocycles. The van der Waals surface area contributed by atoms with Crippen LogP contribution in [0.4, 0.5) is 17.6 Å². The fraction of sp³-hybridized carbons (Fsp3) is 0.250. The van der Waals surface area contributed by atoms with Gasteiger partial charge in [-0.1, -0.05) is 35.3 Å². The fourth-order valence-electron chi connectivity index (χ4n) is 3.28. The maximum absolute atomic E-state index is 13.6. The lowest BCUT2D eigenvalue weighted by molar-refractivity contribution is -0.139. The number of halogens is 7. The maximum Gasteiger partial charge on any atom is 0.421 e. The number of aromatic nitrogens is 1. The predicted molar refractivity (Wildman–Crippen MR) is 110 cm³/mol. The molecule has 30 heavy (non-hydrogen) atoms. The maximum atomic E-state index is 13.6. The summed E-state index contributed by atoms with van der Waals surface area (Å²) >= 11 is 18.5. The lowest BCUT2D eigenvalue weighted by Crippen LogP contribution is -2.44. The first kappa shape index (κ1) is 22.9. The molecule has 0 bridgehead atoms. The van der Waals surface area contributed by atoms with Crippen molar-refractivity contribution in [3.05, 3.63) is 91.6 Å². The van der Waals surface area contributed by atoms with E-state index in [9.17, 15) is 22.4 Å². The molecule has 0 amide bonds. The average molecular weight is 482 g/mol. The first-order chi connectivity index (χ1) is 14.0. The second-order valence-electron chi connectivity index (χ2n) is 6.80. The molecule has 2 aromatic rings. The normalized spacial score (nSPS) is 21.6. The van der Waals surface area contributed by atoms with E-state index >= 15 is 0 Å². The van der Waals surface area contributed by atoms with Crippen LogP contribution in [0.3, 0.4) is 0 Å². The van der Waals surface area contributed by atoms with Gasteiger partial charge in [-0.05, 0) is 35.9 Å². The smallest absolute Gasteiger partial charge is 0.329 e. The van der Waals surface area contributed by atoms with E-state index in [1.807, 2.05) is 0 Å². The van der Waals surface area contributed by atoms with Crippen LogP contribution in [-0.2, 0) is 18.1 Å². The quantitative estimate of drug-likeness (QED) is 0.466. The summed E-state index contributed by atoms with van der Waals surface area (Å²) in [5, 5.41) is -0.678. The van der Waals surface area contributed by atoms with E-state index in [1.54, 1.807) is 6.07 Å². The number of allylic oxidation sites excluding steroid dienone is 3. The highest BCUT2D eigenvalue weighted by molar-refractivity contribution is 6.36. The van der Waals surface area contributed by atoms with E-state index in [2.05, 4.69) is 0 Å². The van der Waals surface area contributed by atoms with E-state index in [4.69, 9.17) is 40.5 Å². The van der Waals surface area contributed by atoms with E-state index < -0.39 is 33.9 Å². The molecule has 10 heteroatoms. The summed E-state index contributed by atoms with van der Waals surface area (Å²) in [6, 6.07) is 5.30. The van der Waals surface area contributed by atoms with Crippen molar-refractivity contribution in [3.8, 4) is 0 Å². The molecule has 0 spiro atoms. The highest BCUT2D eigenvalue weighted by Crippen LogP contribution is 2.39. The van der Waals surface area contributed by atoms with Crippen molar-refractivity contribution in [1.82, 2.24) is 4.57 Å². The largest absolute Gasteiger partial charge is 0.421 e. The lowest BCUT2D eigenvalue weighted by atomic mass is 9.75. The van der Waals surface area contributed by atoms with Gasteiger partial charge in [-0.3, -0.25) is 4.79 Å². The Bertz CT molecular complexity index is 1070. The van der Waals surface area contributed by atoms with Crippen LogP contribution >= 0.6 is 34.8 Å². The van der Waals surface area contributed by atoms with Crippen molar-refractivity contribution in [2.24, 2.45) is 5.73 Å². The molecule has 2 unspecified atom stereocenters. The number of pyridine rings is 1. The molecular weight excluding hydrogens is 467 g/mol. The summed E-state index contributed by atoms with van der Waals surface area (Å²) in [5.74, 6) is -0.633. The molecule has 1 aromatic carbocycles. The summed E-state index contributed by atoms with van der Waals surface area (Å²) in [6.45, 7) is -0.528. The summed E-state index contributed by atoms with van der Waals surface area (Å²) in [5.41, 5.74) is 2.12. The molecule has 2 N–H and O–H groups in total. The van der Waals surface area contributed by atoms with Crippen molar-refractivity contribution in [2.45, 2.75) is 23.5 Å². The van der Waals surface area contributed by atoms with Crippen molar-refractivity contribution in [2.75, 3.05) is 6.54 Å². The number of hydrogen-bond acceptors (Lipinski definition) is 2. The standard InChI is InChI=1S/C20H15Cl3F4N2O/c21-15-2-1-3-16(22)13(15)9-29-8-11(6-14(18(29)30)20(25,26)27)19(10-28)5-4-12(24)7-17(19)23/h1-8,17H,9-10,28H2. The molecule has 2 atom stereocenters. The Kier molecular flexibility index (Phi) is 6.39. The van der Waals surface area contributed by atoms with Gasteiger partial charge in [0, 0.05) is 33.8 Å². The van der Waals surface area contributed by atoms with Crippen molar-refractivity contribution in [3.63, 3.8) is 0 Å². The summed E-state index contributed by atoms with van der Waals surface area (Å²) < 4.78 is 55.4. The Morgan fingerprint density at radius 2 is 1.83 bits per heavy atom. The van der Waals surface area contributed by atoms with Crippen LogP contribution in [0.5, 0.6) is 0 Å². The van der Waals surface area contributed by atoms with E-state index in [0.717, 1.165) is 16.7 Å². The molecule has 0 aliphatic heterocycles. The van der Waals surface area contributed by atoms with Gasteiger partial charge in [0.2, 0.25) is 0 Å². The van der Waals surface area contributed by atoms with Gasteiger partial charge in [0.1, 0.15) is 11.4 Å². The van der Waals surface area contributed by atoms with Gasteiger partial charge in [0.15, 0.2) is 0 Å². The Morgan fingerprint density at radius 3 is 2.37 bits per heavy atom. The highest BCUT2D eigenvalue weighted by atomic mass is 35.5. The van der Waals surface area contributed by atoms with Crippen LogP contribution in [0.15, 0.2) is 59.3 Å². The highest BCUT2D eigenvalue weighted by Gasteiger charge is 2.41. The van der Waals surface area contributed by atoms with Gasteiger partial charge >= 0.3 is 6.18 Å². The minimum absolute atomic E-state index is 0.0140. The van der Waals surface area contributed by atoms with Crippen LogP contribution in [-0.4, -0.2) is 16.5 Å². The molecule has 0 fully saturated rings. The fourth-order valence-corrected chi connectivity index (χ4v) is 4.21. The molecule has 1 aliphatic rings. The van der Waals surface area contributed by atoms with Crippen LogP contribution in [0.1, 0.15) is 16.7 Å². The zero-order chi connectivity index (χ0) is 22.3. The van der Waals surface area contributed by atoms with Gasteiger partial charge < -0.3 is 10.3 Å². The second kappa shape index (κ2) is 8.38. The second-order valence-corrected chi connectivity index (χ2v) is 8.09. The third kappa shape index (κ3) is 4.17. The predicted octanol–water partition coefficient (Wildman–Crippen LogP) is 5.45. The monoisotopic (exact) mass is 480 g/mol. The first-order valence-corrected chi connectivity index (χ1v) is 9.84. The molecule has 3 rings (SSSR count). The van der Waals surface area contributed by atoms with E-state index in [0.29, 0.717) is 6.07 Å². The minimum Gasteiger partial charge on any atom is -0.329 e. The zero-order valence-electron chi connectivity index (χ0n) is 15.2. The number of nitrogens with two attached hydrogens (primary N) is 1. The Hall–Kier alpha value is -1.80. The molecule has 0 saturated heterocycles. The summed E-state index contributed by atoms with van der Waals surface area (Å²) in [4.78, 5) is 12.6. The third-order valence-corrected chi connectivity index (χ3v) is 6.22. The van der Waals surface area contributed by atoms with Gasteiger partial charge in [0.25, 0.3) is 5.56 Å².